The summed E-state index contributed by atoms with van der Waals surface area (Å²) in [5, 5.41) is 20.4. The summed E-state index contributed by atoms with van der Waals surface area (Å²) in [5.41, 5.74) is 0. The van der Waals surface area contributed by atoms with Crippen molar-refractivity contribution < 1.29 is 15.0 Å². The van der Waals surface area contributed by atoms with Gasteiger partial charge in [-0.2, -0.15) is 0 Å². The van der Waals surface area contributed by atoms with Gasteiger partial charge in [-0.05, 0) is 38.5 Å². The number of carbonyl (C=O) groups excluding carboxylic acids is 1. The number of rotatable bonds is 17. The summed E-state index contributed by atoms with van der Waals surface area (Å²) in [4.78, 5) is 11.5. The van der Waals surface area contributed by atoms with Crippen molar-refractivity contribution in [1.29, 1.82) is 0 Å². The van der Waals surface area contributed by atoms with Crippen molar-refractivity contribution >= 4 is 5.91 Å². The Balaban J connectivity index is 3.30. The molecule has 0 heterocycles. The number of allylic oxidation sites excluding steroid dienone is 4. The van der Waals surface area contributed by atoms with Crippen LogP contribution in [0.4, 0.5) is 0 Å². The fraction of sp³-hybridized carbons (Fsp3) is 0.762. The van der Waals surface area contributed by atoms with Gasteiger partial charge >= 0.3 is 0 Å². The molecule has 0 aliphatic carbocycles. The lowest BCUT2D eigenvalue weighted by Gasteiger charge is -2.08. The number of nitrogens with one attached hydrogen (secondary N) is 1. The molecule has 0 saturated heterocycles. The number of hydrogen-bond acceptors (Lipinski definition) is 3. The molecule has 1 atom stereocenters. The van der Waals surface area contributed by atoms with Crippen LogP contribution in [0.25, 0.3) is 0 Å². The zero-order valence-corrected chi connectivity index (χ0v) is 16.1. The molecule has 0 aliphatic heterocycles. The molecule has 0 bridgehead atoms. The van der Waals surface area contributed by atoms with Crippen LogP contribution in [0, 0.1) is 0 Å². The Bertz CT molecular complexity index is 353. The number of carbonyl (C=O) groups is 1. The summed E-state index contributed by atoms with van der Waals surface area (Å²) in [7, 11) is 0. The second kappa shape index (κ2) is 19.2. The number of aliphatic hydroxyl groups is 2. The molecule has 4 nitrogen and oxygen atoms in total. The first-order chi connectivity index (χ1) is 12.2. The quantitative estimate of drug-likeness (QED) is 0.270. The van der Waals surface area contributed by atoms with E-state index in [-0.39, 0.29) is 19.1 Å². The van der Waals surface area contributed by atoms with Crippen LogP contribution in [0.1, 0.15) is 84.0 Å². The maximum absolute atomic E-state index is 11.5. The normalized spacial score (nSPS) is 12.9. The predicted octanol–water partition coefficient (Wildman–Crippen LogP) is 4.27. The summed E-state index contributed by atoms with van der Waals surface area (Å²) in [6.45, 7) is 2.05. The highest BCUT2D eigenvalue weighted by atomic mass is 16.3. The Morgan fingerprint density at radius 3 is 2.16 bits per heavy atom. The predicted molar refractivity (Wildman–Crippen MR) is 105 cm³/mol. The Morgan fingerprint density at radius 1 is 0.920 bits per heavy atom. The van der Waals surface area contributed by atoms with Crippen LogP contribution in [0.2, 0.25) is 0 Å². The van der Waals surface area contributed by atoms with Gasteiger partial charge in [-0.1, -0.05) is 63.3 Å². The van der Waals surface area contributed by atoms with Crippen LogP contribution < -0.4 is 5.32 Å². The lowest BCUT2D eigenvalue weighted by Crippen LogP contribution is -2.33. The molecule has 1 unspecified atom stereocenters. The molecule has 0 aliphatic rings. The van der Waals surface area contributed by atoms with Crippen molar-refractivity contribution in [3.8, 4) is 0 Å². The monoisotopic (exact) mass is 353 g/mol. The number of unbranched alkanes of at least 4 members (excludes halogenated alkanes) is 8. The molecule has 4 heteroatoms. The molecule has 0 aromatic heterocycles. The van der Waals surface area contributed by atoms with E-state index in [0.717, 1.165) is 32.1 Å². The smallest absolute Gasteiger partial charge is 0.220 e. The molecule has 0 rings (SSSR count). The van der Waals surface area contributed by atoms with E-state index in [1.54, 1.807) is 0 Å². The summed E-state index contributed by atoms with van der Waals surface area (Å²) >= 11 is 0. The molecule has 1 amide bonds. The van der Waals surface area contributed by atoms with Gasteiger partial charge in [-0.15, -0.1) is 0 Å². The van der Waals surface area contributed by atoms with Gasteiger partial charge < -0.3 is 15.5 Å². The van der Waals surface area contributed by atoms with Gasteiger partial charge in [0.2, 0.25) is 5.91 Å². The lowest BCUT2D eigenvalue weighted by molar-refractivity contribution is -0.121. The maximum atomic E-state index is 11.5. The van der Waals surface area contributed by atoms with Gasteiger partial charge in [0.1, 0.15) is 0 Å². The largest absolute Gasteiger partial charge is 0.394 e. The highest BCUT2D eigenvalue weighted by Gasteiger charge is 2.05. The standard InChI is InChI=1S/C21H39NO3/c1-2-3-4-5-6-7-8-9-10-11-12-13-14-15-16-17-21(25)22-18-20(24)19-23/h6-7,9-10,20,23-24H,2-5,8,11-19H2,1H3,(H,22,25)/b7-6-,10-9-. The molecule has 3 N–H and O–H groups in total. The van der Waals surface area contributed by atoms with Gasteiger partial charge in [-0.25, -0.2) is 0 Å². The topological polar surface area (TPSA) is 69.6 Å². The fourth-order valence-electron chi connectivity index (χ4n) is 2.48. The van der Waals surface area contributed by atoms with Gasteiger partial charge in [0.05, 0.1) is 12.7 Å². The van der Waals surface area contributed by atoms with E-state index < -0.39 is 6.10 Å². The fourth-order valence-corrected chi connectivity index (χ4v) is 2.48. The van der Waals surface area contributed by atoms with E-state index in [9.17, 15) is 4.79 Å². The van der Waals surface area contributed by atoms with Crippen LogP contribution in [-0.4, -0.2) is 35.4 Å². The number of aliphatic hydroxyl groups excluding tert-OH is 2. The molecular weight excluding hydrogens is 314 g/mol. The molecule has 0 aromatic rings. The van der Waals surface area contributed by atoms with Crippen LogP contribution in [0.5, 0.6) is 0 Å². The minimum absolute atomic E-state index is 0.0433. The van der Waals surface area contributed by atoms with Gasteiger partial charge in [0.15, 0.2) is 0 Å². The van der Waals surface area contributed by atoms with Crippen LogP contribution in [0.3, 0.4) is 0 Å². The third kappa shape index (κ3) is 19.0. The maximum Gasteiger partial charge on any atom is 0.220 e. The summed E-state index contributed by atoms with van der Waals surface area (Å²) in [5.74, 6) is -0.0433. The van der Waals surface area contributed by atoms with Gasteiger partial charge in [-0.3, -0.25) is 4.79 Å². The average Bonchev–Trinajstić information content (AvgIpc) is 2.62. The highest BCUT2D eigenvalue weighted by Crippen LogP contribution is 2.08. The van der Waals surface area contributed by atoms with Gasteiger partial charge in [0.25, 0.3) is 0 Å². The first kappa shape index (κ1) is 23.9. The zero-order valence-electron chi connectivity index (χ0n) is 16.1. The van der Waals surface area contributed by atoms with Crippen LogP contribution >= 0.6 is 0 Å². The average molecular weight is 354 g/mol. The van der Waals surface area contributed by atoms with E-state index in [1.165, 1.54) is 38.5 Å². The van der Waals surface area contributed by atoms with Crippen molar-refractivity contribution in [2.24, 2.45) is 0 Å². The Kier molecular flexibility index (Phi) is 18.3. The van der Waals surface area contributed by atoms with E-state index in [0.29, 0.717) is 6.42 Å². The van der Waals surface area contributed by atoms with Crippen molar-refractivity contribution in [2.45, 2.75) is 90.1 Å². The second-order valence-electron chi connectivity index (χ2n) is 6.62. The van der Waals surface area contributed by atoms with Crippen molar-refractivity contribution in [3.05, 3.63) is 24.3 Å². The molecular formula is C21H39NO3. The molecule has 0 fully saturated rings. The Labute approximate surface area is 154 Å². The SMILES string of the molecule is CCCCC/C=C\C/C=C\CCCCCCCC(=O)NCC(O)CO. The highest BCUT2D eigenvalue weighted by molar-refractivity contribution is 5.75. The molecule has 146 valence electrons. The van der Waals surface area contributed by atoms with Crippen molar-refractivity contribution in [2.75, 3.05) is 13.2 Å². The van der Waals surface area contributed by atoms with Crippen LogP contribution in [0.15, 0.2) is 24.3 Å². The first-order valence-electron chi connectivity index (χ1n) is 10.1. The minimum atomic E-state index is -0.853. The molecule has 0 aromatic carbocycles. The third-order valence-electron chi connectivity index (χ3n) is 4.10. The van der Waals surface area contributed by atoms with E-state index in [1.807, 2.05) is 0 Å². The molecule has 25 heavy (non-hydrogen) atoms. The molecule has 0 spiro atoms. The van der Waals surface area contributed by atoms with E-state index >= 15 is 0 Å². The second-order valence-corrected chi connectivity index (χ2v) is 6.62. The van der Waals surface area contributed by atoms with Crippen LogP contribution in [-0.2, 0) is 4.79 Å². The Hall–Kier alpha value is -1.13. The lowest BCUT2D eigenvalue weighted by atomic mass is 10.1. The van der Waals surface area contributed by atoms with Crippen molar-refractivity contribution in [3.63, 3.8) is 0 Å². The summed E-state index contributed by atoms with van der Waals surface area (Å²) in [6, 6.07) is 0. The summed E-state index contributed by atoms with van der Waals surface area (Å²) in [6.07, 6.45) is 21.6. The molecule has 0 saturated carbocycles. The third-order valence-corrected chi connectivity index (χ3v) is 4.10. The number of amides is 1. The minimum Gasteiger partial charge on any atom is -0.394 e. The number of hydrogen-bond donors (Lipinski definition) is 3. The van der Waals surface area contributed by atoms with E-state index in [2.05, 4.69) is 36.5 Å². The molecule has 0 radical (unpaired) electrons. The Morgan fingerprint density at radius 2 is 1.52 bits per heavy atom. The summed E-state index contributed by atoms with van der Waals surface area (Å²) < 4.78 is 0. The van der Waals surface area contributed by atoms with E-state index in [4.69, 9.17) is 10.2 Å². The first-order valence-corrected chi connectivity index (χ1v) is 10.1. The zero-order chi connectivity index (χ0) is 18.6. The van der Waals surface area contributed by atoms with Gasteiger partial charge in [0, 0.05) is 13.0 Å². The van der Waals surface area contributed by atoms with Crippen molar-refractivity contribution in [1.82, 2.24) is 5.32 Å².